The number of carboxylic acids is 1. The number of aryl methyl sites for hydroxylation is 2. The molecule has 1 aliphatic heterocycles. The molecular weight excluding hydrogens is 582 g/mol. The zero-order valence-corrected chi connectivity index (χ0v) is 29.2. The fraction of sp³-hybridized carbons (Fsp3) is 0.405. The van der Waals surface area contributed by atoms with E-state index in [1.807, 2.05) is 36.4 Å². The zero-order valence-electron chi connectivity index (χ0n) is 29.2. The number of carbonyl (C=O) groups is 1. The van der Waals surface area contributed by atoms with Crippen LogP contribution >= 0.6 is 0 Å². The van der Waals surface area contributed by atoms with Crippen LogP contribution in [0.25, 0.3) is 0 Å². The van der Waals surface area contributed by atoms with Crippen LogP contribution in [0.1, 0.15) is 92.9 Å². The number of aliphatic hydroxyl groups excluding tert-OH is 1. The molecule has 0 radical (unpaired) electrons. The lowest BCUT2D eigenvalue weighted by Crippen LogP contribution is -2.44. The lowest BCUT2D eigenvalue weighted by Gasteiger charge is -2.42. The van der Waals surface area contributed by atoms with Crippen molar-refractivity contribution in [2.45, 2.75) is 84.3 Å². The number of piperidine rings is 1. The maximum atomic E-state index is 12.1. The van der Waals surface area contributed by atoms with Crippen LogP contribution in [0, 0.1) is 19.8 Å². The Hall–Kier alpha value is -3.77. The van der Waals surface area contributed by atoms with Crippen LogP contribution in [-0.4, -0.2) is 45.8 Å². The van der Waals surface area contributed by atoms with Crippen molar-refractivity contribution in [3.63, 3.8) is 0 Å². The summed E-state index contributed by atoms with van der Waals surface area (Å²) in [6.07, 6.45) is 3.23. The van der Waals surface area contributed by atoms with Gasteiger partial charge in [-0.1, -0.05) is 130 Å². The summed E-state index contributed by atoms with van der Waals surface area (Å²) in [5.41, 5.74) is 6.15. The average Bonchev–Trinajstić information content (AvgIpc) is 3.06. The van der Waals surface area contributed by atoms with E-state index in [1.54, 1.807) is 0 Å². The molecule has 5 rings (SSSR count). The van der Waals surface area contributed by atoms with Crippen LogP contribution in [0.15, 0.2) is 109 Å². The molecule has 1 heterocycles. The van der Waals surface area contributed by atoms with Gasteiger partial charge in [0.05, 0.1) is 6.10 Å². The summed E-state index contributed by atoms with van der Waals surface area (Å²) < 4.78 is 0. The van der Waals surface area contributed by atoms with Gasteiger partial charge in [-0.3, -0.25) is 4.79 Å². The van der Waals surface area contributed by atoms with E-state index in [0.717, 1.165) is 68.9 Å². The number of carboxylic acid groups (broad SMARTS) is 1. The smallest absolute Gasteiger partial charge is 0.300 e. The molecule has 1 unspecified atom stereocenters. The molecule has 0 spiro atoms. The minimum Gasteiger partial charge on any atom is -0.481 e. The number of likely N-dealkylation sites (tertiary alicyclic amines) is 1. The van der Waals surface area contributed by atoms with Gasteiger partial charge in [-0.05, 0) is 104 Å². The first-order valence-corrected chi connectivity index (χ1v) is 16.9. The van der Waals surface area contributed by atoms with E-state index in [1.165, 1.54) is 16.7 Å². The highest BCUT2D eigenvalue weighted by Crippen LogP contribution is 2.42. The predicted octanol–water partition coefficient (Wildman–Crippen LogP) is 8.84. The Balaban J connectivity index is 0.000000422. The molecule has 0 aliphatic carbocycles. The maximum Gasteiger partial charge on any atom is 0.300 e. The van der Waals surface area contributed by atoms with Gasteiger partial charge in [-0.15, -0.1) is 0 Å². The van der Waals surface area contributed by atoms with Gasteiger partial charge >= 0.3 is 0 Å². The number of benzene rings is 4. The second-order valence-electron chi connectivity index (χ2n) is 13.7. The number of rotatable bonds is 8. The van der Waals surface area contributed by atoms with Crippen LogP contribution in [0.4, 0.5) is 0 Å². The Morgan fingerprint density at radius 1 is 0.745 bits per heavy atom. The molecule has 1 fully saturated rings. The fourth-order valence-electron chi connectivity index (χ4n) is 6.14. The van der Waals surface area contributed by atoms with Crippen molar-refractivity contribution in [1.29, 1.82) is 0 Å². The molecule has 47 heavy (non-hydrogen) atoms. The van der Waals surface area contributed by atoms with Crippen LogP contribution in [-0.2, 0) is 15.8 Å². The fourth-order valence-corrected chi connectivity index (χ4v) is 6.14. The number of aliphatic carboxylic acids is 1. The van der Waals surface area contributed by atoms with Gasteiger partial charge in [-0.25, -0.2) is 0 Å². The van der Waals surface area contributed by atoms with Crippen LogP contribution in [0.3, 0.4) is 0 Å². The van der Waals surface area contributed by atoms with Gasteiger partial charge in [0, 0.05) is 6.92 Å². The van der Waals surface area contributed by atoms with Crippen molar-refractivity contribution in [3.05, 3.63) is 143 Å². The van der Waals surface area contributed by atoms with Crippen molar-refractivity contribution < 1.29 is 20.1 Å². The number of hydrogen-bond acceptors (Lipinski definition) is 4. The van der Waals surface area contributed by atoms with Gasteiger partial charge < -0.3 is 20.2 Å². The van der Waals surface area contributed by atoms with Crippen molar-refractivity contribution in [1.82, 2.24) is 4.90 Å². The Morgan fingerprint density at radius 3 is 1.57 bits per heavy atom. The highest BCUT2D eigenvalue weighted by Gasteiger charge is 2.41. The molecule has 1 saturated heterocycles. The molecule has 1 aliphatic rings. The van der Waals surface area contributed by atoms with Crippen molar-refractivity contribution in [3.8, 4) is 0 Å². The molecule has 0 aromatic heterocycles. The molecule has 5 heteroatoms. The summed E-state index contributed by atoms with van der Waals surface area (Å²) >= 11 is 0. The standard InChI is InChI=1S/C32H41NO2.C8H10.C2H4O2/c1-31(2,3)26-18-16-25(17-19-26)30(34)15-10-22-33-23-20-29(21-24-33)32(35,27-11-6-4-7-12-27)28-13-8-5-9-14-28;1-7-5-3-4-6-8(7)2;1-2(3)4/h4-9,11-14,16-19,29-30,34-35H,10,15,20-24H2,1-3H3;3-6H,1-2H3;1H3,(H,3,4). The molecule has 0 bridgehead atoms. The van der Waals surface area contributed by atoms with E-state index in [9.17, 15) is 10.2 Å². The van der Waals surface area contributed by atoms with Gasteiger partial charge in [0.1, 0.15) is 5.60 Å². The van der Waals surface area contributed by atoms with E-state index in [-0.39, 0.29) is 11.3 Å². The Morgan fingerprint density at radius 2 is 1.17 bits per heavy atom. The minimum atomic E-state index is -0.968. The third-order valence-electron chi connectivity index (χ3n) is 9.15. The zero-order chi connectivity index (χ0) is 34.5. The summed E-state index contributed by atoms with van der Waals surface area (Å²) in [4.78, 5) is 11.5. The largest absolute Gasteiger partial charge is 0.481 e. The van der Waals surface area contributed by atoms with Crippen LogP contribution in [0.2, 0.25) is 0 Å². The van der Waals surface area contributed by atoms with Gasteiger partial charge in [0.15, 0.2) is 0 Å². The Labute approximate surface area is 282 Å². The number of aliphatic hydroxyl groups is 2. The highest BCUT2D eigenvalue weighted by molar-refractivity contribution is 5.63. The molecule has 0 amide bonds. The van der Waals surface area contributed by atoms with E-state index in [2.05, 4.69) is 112 Å². The first-order valence-electron chi connectivity index (χ1n) is 16.9. The summed E-state index contributed by atoms with van der Waals surface area (Å²) in [7, 11) is 0. The van der Waals surface area contributed by atoms with Crippen molar-refractivity contribution in [2.75, 3.05) is 19.6 Å². The Bertz CT molecular complexity index is 1410. The summed E-state index contributed by atoms with van der Waals surface area (Å²) in [6, 6.07) is 37.1. The SMILES string of the molecule is CC(=O)O.CC(C)(C)c1ccc(C(O)CCCN2CCC(C(O)(c3ccccc3)c3ccccc3)CC2)cc1.Cc1ccccc1C. The average molecular weight is 638 g/mol. The van der Waals surface area contributed by atoms with Crippen molar-refractivity contribution >= 4 is 5.97 Å². The monoisotopic (exact) mass is 637 g/mol. The summed E-state index contributed by atoms with van der Waals surface area (Å²) in [5, 5.41) is 30.2. The molecule has 252 valence electrons. The lowest BCUT2D eigenvalue weighted by molar-refractivity contribution is -0.134. The Kier molecular flexibility index (Phi) is 14.4. The third kappa shape index (κ3) is 11.5. The molecule has 4 aromatic rings. The van der Waals surface area contributed by atoms with E-state index >= 15 is 0 Å². The lowest BCUT2D eigenvalue weighted by atomic mass is 9.72. The molecule has 3 N–H and O–H groups in total. The minimum absolute atomic E-state index is 0.128. The maximum absolute atomic E-state index is 12.1. The molecule has 0 saturated carbocycles. The molecule has 4 aromatic carbocycles. The first-order chi connectivity index (χ1) is 22.3. The number of nitrogens with zero attached hydrogens (tertiary/aromatic N) is 1. The molecule has 1 atom stereocenters. The second kappa shape index (κ2) is 18.0. The third-order valence-corrected chi connectivity index (χ3v) is 9.15. The second-order valence-corrected chi connectivity index (χ2v) is 13.7. The van der Waals surface area contributed by atoms with E-state index < -0.39 is 17.7 Å². The quantitative estimate of drug-likeness (QED) is 0.180. The molecule has 5 nitrogen and oxygen atoms in total. The normalized spacial score (nSPS) is 14.6. The highest BCUT2D eigenvalue weighted by atomic mass is 16.4. The van der Waals surface area contributed by atoms with E-state index in [4.69, 9.17) is 9.90 Å². The summed E-state index contributed by atoms with van der Waals surface area (Å²) in [6.45, 7) is 14.9. The van der Waals surface area contributed by atoms with E-state index in [0.29, 0.717) is 0 Å². The van der Waals surface area contributed by atoms with Gasteiger partial charge in [-0.2, -0.15) is 0 Å². The topological polar surface area (TPSA) is 81.0 Å². The van der Waals surface area contributed by atoms with Crippen molar-refractivity contribution in [2.24, 2.45) is 5.92 Å². The van der Waals surface area contributed by atoms with Crippen LogP contribution < -0.4 is 0 Å². The predicted molar refractivity (Wildman–Crippen MR) is 194 cm³/mol. The molecular formula is C42H55NO4. The number of hydrogen-bond donors (Lipinski definition) is 3. The van der Waals surface area contributed by atoms with Crippen LogP contribution in [0.5, 0.6) is 0 Å². The first kappa shape index (κ1) is 37.7. The van der Waals surface area contributed by atoms with Gasteiger partial charge in [0.2, 0.25) is 0 Å². The van der Waals surface area contributed by atoms with Gasteiger partial charge in [0.25, 0.3) is 5.97 Å². The summed E-state index contributed by atoms with van der Waals surface area (Å²) in [5.74, 6) is -0.657.